The number of rotatable bonds is 3. The summed E-state index contributed by atoms with van der Waals surface area (Å²) in [5.41, 5.74) is 2.24. The number of amides is 1. The summed E-state index contributed by atoms with van der Waals surface area (Å²) in [5, 5.41) is 0. The summed E-state index contributed by atoms with van der Waals surface area (Å²) in [6.45, 7) is 6.92. The minimum absolute atomic E-state index is 0.0221. The SMILES string of the molecule is CC(C)CN1C(=O)/C(=C/c2ccc3c(c2)CC(C)O3)SC1=S. The van der Waals surface area contributed by atoms with Gasteiger partial charge in [-0.25, -0.2) is 0 Å². The Morgan fingerprint density at radius 2 is 2.27 bits per heavy atom. The third-order valence-corrected chi connectivity index (χ3v) is 5.02. The van der Waals surface area contributed by atoms with Crippen LogP contribution in [0.3, 0.4) is 0 Å². The largest absolute Gasteiger partial charge is 0.490 e. The summed E-state index contributed by atoms with van der Waals surface area (Å²) in [7, 11) is 0. The molecule has 2 heterocycles. The molecule has 1 saturated heterocycles. The fourth-order valence-electron chi connectivity index (χ4n) is 2.71. The number of fused-ring (bicyclic) bond motifs is 1. The van der Waals surface area contributed by atoms with Crippen molar-refractivity contribution in [2.24, 2.45) is 5.92 Å². The number of hydrogen-bond donors (Lipinski definition) is 0. The lowest BCUT2D eigenvalue weighted by molar-refractivity contribution is -0.122. The number of ether oxygens (including phenoxy) is 1. The lowest BCUT2D eigenvalue weighted by atomic mass is 10.1. The molecule has 1 aromatic rings. The van der Waals surface area contributed by atoms with E-state index in [2.05, 4.69) is 26.8 Å². The van der Waals surface area contributed by atoms with E-state index in [9.17, 15) is 4.79 Å². The molecule has 1 fully saturated rings. The third-order valence-electron chi connectivity index (χ3n) is 3.64. The third kappa shape index (κ3) is 3.06. The van der Waals surface area contributed by atoms with Crippen molar-refractivity contribution in [3.8, 4) is 5.75 Å². The van der Waals surface area contributed by atoms with E-state index in [0.29, 0.717) is 21.7 Å². The Kier molecular flexibility index (Phi) is 4.28. The maximum absolute atomic E-state index is 12.5. The molecular weight excluding hydrogens is 314 g/mol. The summed E-state index contributed by atoms with van der Waals surface area (Å²) < 4.78 is 6.36. The second kappa shape index (κ2) is 6.05. The van der Waals surface area contributed by atoms with Gasteiger partial charge < -0.3 is 4.74 Å². The summed E-state index contributed by atoms with van der Waals surface area (Å²) in [6.07, 6.45) is 3.09. The van der Waals surface area contributed by atoms with Crippen LogP contribution in [-0.2, 0) is 11.2 Å². The first-order valence-corrected chi connectivity index (χ1v) is 8.71. The van der Waals surface area contributed by atoms with Crippen molar-refractivity contribution in [1.82, 2.24) is 4.90 Å². The minimum atomic E-state index is 0.0221. The van der Waals surface area contributed by atoms with Crippen LogP contribution in [0.2, 0.25) is 0 Å². The zero-order valence-corrected chi connectivity index (χ0v) is 14.6. The lowest BCUT2D eigenvalue weighted by Gasteiger charge is -2.16. The van der Waals surface area contributed by atoms with Crippen LogP contribution in [0.5, 0.6) is 5.75 Å². The highest BCUT2D eigenvalue weighted by atomic mass is 32.2. The van der Waals surface area contributed by atoms with Crippen LogP contribution < -0.4 is 4.74 Å². The summed E-state index contributed by atoms with van der Waals surface area (Å²) in [4.78, 5) is 14.9. The number of carbonyl (C=O) groups excluding carboxylic acids is 1. The molecule has 1 unspecified atom stereocenters. The molecular formula is C17H19NO2S2. The highest BCUT2D eigenvalue weighted by molar-refractivity contribution is 8.26. The molecule has 116 valence electrons. The number of carbonyl (C=O) groups is 1. The van der Waals surface area contributed by atoms with E-state index in [1.807, 2.05) is 18.2 Å². The molecule has 1 atom stereocenters. The Labute approximate surface area is 140 Å². The van der Waals surface area contributed by atoms with E-state index in [-0.39, 0.29) is 12.0 Å². The van der Waals surface area contributed by atoms with Crippen molar-refractivity contribution in [2.75, 3.05) is 6.54 Å². The highest BCUT2D eigenvalue weighted by Crippen LogP contribution is 2.35. The van der Waals surface area contributed by atoms with E-state index in [0.717, 1.165) is 17.7 Å². The van der Waals surface area contributed by atoms with Crippen LogP contribution in [0, 0.1) is 5.92 Å². The smallest absolute Gasteiger partial charge is 0.266 e. The van der Waals surface area contributed by atoms with Crippen LogP contribution in [0.4, 0.5) is 0 Å². The van der Waals surface area contributed by atoms with Gasteiger partial charge in [-0.3, -0.25) is 9.69 Å². The van der Waals surface area contributed by atoms with Crippen molar-refractivity contribution in [1.29, 1.82) is 0 Å². The molecule has 22 heavy (non-hydrogen) atoms. The van der Waals surface area contributed by atoms with Crippen molar-refractivity contribution in [2.45, 2.75) is 33.3 Å². The number of thiocarbonyl (C=S) groups is 1. The molecule has 0 spiro atoms. The van der Waals surface area contributed by atoms with E-state index < -0.39 is 0 Å². The molecule has 3 nitrogen and oxygen atoms in total. The van der Waals surface area contributed by atoms with Crippen LogP contribution in [-0.4, -0.2) is 27.8 Å². The summed E-state index contributed by atoms with van der Waals surface area (Å²) in [5.74, 6) is 1.38. The predicted molar refractivity (Wildman–Crippen MR) is 95.0 cm³/mol. The first-order chi connectivity index (χ1) is 10.4. The van der Waals surface area contributed by atoms with Gasteiger partial charge in [0.15, 0.2) is 0 Å². The summed E-state index contributed by atoms with van der Waals surface area (Å²) >= 11 is 6.72. The second-order valence-electron chi connectivity index (χ2n) is 6.19. The van der Waals surface area contributed by atoms with Gasteiger partial charge in [0.1, 0.15) is 16.2 Å². The Balaban J connectivity index is 1.83. The molecule has 5 heteroatoms. The van der Waals surface area contributed by atoms with E-state index in [1.165, 1.54) is 17.3 Å². The Hall–Kier alpha value is -1.33. The number of benzene rings is 1. The molecule has 0 radical (unpaired) electrons. The second-order valence-corrected chi connectivity index (χ2v) is 7.86. The first kappa shape index (κ1) is 15.6. The molecule has 0 bridgehead atoms. The zero-order valence-electron chi connectivity index (χ0n) is 13.0. The van der Waals surface area contributed by atoms with Crippen molar-refractivity contribution >= 4 is 40.3 Å². The number of thioether (sulfide) groups is 1. The van der Waals surface area contributed by atoms with Crippen molar-refractivity contribution < 1.29 is 9.53 Å². The van der Waals surface area contributed by atoms with Gasteiger partial charge in [-0.2, -0.15) is 0 Å². The molecule has 2 aliphatic rings. The molecule has 0 aromatic heterocycles. The standard InChI is InChI=1S/C17H19NO2S2/c1-10(2)9-18-16(19)15(22-17(18)21)8-12-4-5-14-13(7-12)6-11(3)20-14/h4-5,7-8,10-11H,6,9H2,1-3H3/b15-8-. The Morgan fingerprint density at radius 1 is 1.50 bits per heavy atom. The van der Waals surface area contributed by atoms with Crippen LogP contribution in [0.25, 0.3) is 6.08 Å². The van der Waals surface area contributed by atoms with Gasteiger partial charge in [-0.1, -0.05) is 43.9 Å². The minimum Gasteiger partial charge on any atom is -0.490 e. The quantitative estimate of drug-likeness (QED) is 0.620. The van der Waals surface area contributed by atoms with E-state index >= 15 is 0 Å². The van der Waals surface area contributed by atoms with Gasteiger partial charge in [0.25, 0.3) is 5.91 Å². The van der Waals surface area contributed by atoms with Crippen LogP contribution in [0.1, 0.15) is 31.9 Å². The van der Waals surface area contributed by atoms with E-state index in [4.69, 9.17) is 17.0 Å². The van der Waals surface area contributed by atoms with Gasteiger partial charge in [0.05, 0.1) is 4.91 Å². The molecule has 2 aliphatic heterocycles. The molecule has 3 rings (SSSR count). The van der Waals surface area contributed by atoms with E-state index in [1.54, 1.807) is 4.90 Å². The molecule has 0 N–H and O–H groups in total. The van der Waals surface area contributed by atoms with Crippen LogP contribution >= 0.6 is 24.0 Å². The first-order valence-electron chi connectivity index (χ1n) is 7.49. The monoisotopic (exact) mass is 333 g/mol. The molecule has 0 saturated carbocycles. The van der Waals surface area contributed by atoms with Gasteiger partial charge >= 0.3 is 0 Å². The lowest BCUT2D eigenvalue weighted by Crippen LogP contribution is -2.31. The normalized spacial score (nSPS) is 22.6. The van der Waals surface area contributed by atoms with Gasteiger partial charge in [-0.05, 0) is 42.2 Å². The van der Waals surface area contributed by atoms with Gasteiger partial charge in [0.2, 0.25) is 0 Å². The highest BCUT2D eigenvalue weighted by Gasteiger charge is 2.32. The Morgan fingerprint density at radius 3 is 3.00 bits per heavy atom. The summed E-state index contributed by atoms with van der Waals surface area (Å²) in [6, 6.07) is 6.08. The van der Waals surface area contributed by atoms with Crippen molar-refractivity contribution in [3.63, 3.8) is 0 Å². The molecule has 1 aromatic carbocycles. The van der Waals surface area contributed by atoms with Crippen molar-refractivity contribution in [3.05, 3.63) is 34.2 Å². The maximum Gasteiger partial charge on any atom is 0.266 e. The maximum atomic E-state index is 12.5. The average Bonchev–Trinajstić information content (AvgIpc) is 2.92. The Bertz CT molecular complexity index is 667. The fraction of sp³-hybridized carbons (Fsp3) is 0.412. The number of hydrogen-bond acceptors (Lipinski definition) is 4. The predicted octanol–water partition coefficient (Wildman–Crippen LogP) is 3.87. The molecule has 0 aliphatic carbocycles. The molecule has 1 amide bonds. The fourth-order valence-corrected chi connectivity index (χ4v) is 3.98. The van der Waals surface area contributed by atoms with Gasteiger partial charge in [0, 0.05) is 13.0 Å². The van der Waals surface area contributed by atoms with Crippen LogP contribution in [0.15, 0.2) is 23.1 Å². The van der Waals surface area contributed by atoms with Gasteiger partial charge in [-0.15, -0.1) is 0 Å². The number of nitrogens with zero attached hydrogens (tertiary/aromatic N) is 1. The average molecular weight is 333 g/mol. The topological polar surface area (TPSA) is 29.5 Å². The zero-order chi connectivity index (χ0) is 15.9.